The lowest BCUT2D eigenvalue weighted by Crippen LogP contribution is -2.45. The van der Waals surface area contributed by atoms with E-state index in [9.17, 15) is 4.79 Å². The maximum Gasteiger partial charge on any atom is 0.270 e. The van der Waals surface area contributed by atoms with Crippen LogP contribution in [0.1, 0.15) is 62.9 Å². The summed E-state index contributed by atoms with van der Waals surface area (Å²) in [5.41, 5.74) is 6.83. The van der Waals surface area contributed by atoms with Crippen LogP contribution < -0.4 is 5.73 Å². The molecule has 1 aliphatic carbocycles. The van der Waals surface area contributed by atoms with Gasteiger partial charge in [0.25, 0.3) is 5.91 Å². The number of hydrogen-bond donors (Lipinski definition) is 1. The number of nitrogens with two attached hydrogens (primary N) is 1. The van der Waals surface area contributed by atoms with Crippen LogP contribution in [0.3, 0.4) is 0 Å². The van der Waals surface area contributed by atoms with Crippen LogP contribution in [0, 0.1) is 0 Å². The second-order valence-electron chi connectivity index (χ2n) is 6.15. The van der Waals surface area contributed by atoms with E-state index in [1.165, 1.54) is 0 Å². The number of nitrogens with zero attached hydrogens (tertiary/aromatic N) is 2. The molecule has 1 amide bonds. The Bertz CT molecular complexity index is 447. The molecule has 1 aromatic rings. The normalized spacial score (nSPS) is 22.2. The summed E-state index contributed by atoms with van der Waals surface area (Å²) in [5, 5.41) is 0. The van der Waals surface area contributed by atoms with E-state index in [0.29, 0.717) is 12.1 Å². The smallest absolute Gasteiger partial charge is 0.270 e. The molecule has 1 aromatic heterocycles. The molecule has 1 aliphatic rings. The summed E-state index contributed by atoms with van der Waals surface area (Å²) in [6.07, 6.45) is 8.21. The van der Waals surface area contributed by atoms with Crippen LogP contribution in [0.4, 0.5) is 0 Å². The second-order valence-corrected chi connectivity index (χ2v) is 6.15. The van der Waals surface area contributed by atoms with Crippen molar-refractivity contribution in [2.45, 2.75) is 71.0 Å². The van der Waals surface area contributed by atoms with Gasteiger partial charge in [-0.05, 0) is 50.7 Å². The average molecular weight is 291 g/mol. The van der Waals surface area contributed by atoms with Gasteiger partial charge in [0, 0.05) is 31.4 Å². The van der Waals surface area contributed by atoms with E-state index in [4.69, 9.17) is 5.73 Å². The molecule has 118 valence electrons. The van der Waals surface area contributed by atoms with E-state index in [0.717, 1.165) is 57.3 Å². The molecule has 0 radical (unpaired) electrons. The minimum absolute atomic E-state index is 0.191. The van der Waals surface area contributed by atoms with E-state index in [2.05, 4.69) is 23.3 Å². The predicted molar refractivity (Wildman–Crippen MR) is 86.3 cm³/mol. The lowest BCUT2D eigenvalue weighted by atomic mass is 9.90. The van der Waals surface area contributed by atoms with Crippen molar-refractivity contribution in [2.24, 2.45) is 5.73 Å². The monoisotopic (exact) mass is 291 g/mol. The van der Waals surface area contributed by atoms with Crippen molar-refractivity contribution in [2.75, 3.05) is 6.54 Å². The first-order chi connectivity index (χ1) is 10.2. The molecule has 0 aromatic carbocycles. The maximum atomic E-state index is 12.9. The van der Waals surface area contributed by atoms with E-state index in [1.807, 2.05) is 18.3 Å². The summed E-state index contributed by atoms with van der Waals surface area (Å²) < 4.78 is 2.08. The summed E-state index contributed by atoms with van der Waals surface area (Å²) in [5.74, 6) is 0.191. The van der Waals surface area contributed by atoms with Crippen LogP contribution >= 0.6 is 0 Å². The van der Waals surface area contributed by atoms with Crippen LogP contribution in [0.5, 0.6) is 0 Å². The standard InChI is InChI=1S/C17H29N3O/c1-3-11-19-13-5-6-16(19)17(21)20(12-4-2)15-9-7-14(18)8-10-15/h5-6,13-15H,3-4,7-12,18H2,1-2H3. The molecule has 0 unspecified atom stereocenters. The average Bonchev–Trinajstić information content (AvgIpc) is 2.94. The Morgan fingerprint density at radius 3 is 2.62 bits per heavy atom. The third kappa shape index (κ3) is 3.88. The third-order valence-corrected chi connectivity index (χ3v) is 4.42. The van der Waals surface area contributed by atoms with Gasteiger partial charge in [0.2, 0.25) is 0 Å². The molecule has 21 heavy (non-hydrogen) atoms. The number of carbonyl (C=O) groups excluding carboxylic acids is 1. The molecule has 0 atom stereocenters. The number of rotatable bonds is 6. The van der Waals surface area contributed by atoms with Gasteiger partial charge in [0.05, 0.1) is 0 Å². The molecular formula is C17H29N3O. The Morgan fingerprint density at radius 2 is 2.00 bits per heavy atom. The summed E-state index contributed by atoms with van der Waals surface area (Å²) in [4.78, 5) is 15.0. The molecule has 1 saturated carbocycles. The molecule has 0 spiro atoms. The molecule has 1 fully saturated rings. The summed E-state index contributed by atoms with van der Waals surface area (Å²) >= 11 is 0. The van der Waals surface area contributed by atoms with Crippen LogP contribution in [-0.4, -0.2) is 34.0 Å². The van der Waals surface area contributed by atoms with Gasteiger partial charge in [-0.2, -0.15) is 0 Å². The minimum atomic E-state index is 0.191. The maximum absolute atomic E-state index is 12.9. The lowest BCUT2D eigenvalue weighted by Gasteiger charge is -2.36. The molecule has 0 saturated heterocycles. The van der Waals surface area contributed by atoms with Crippen molar-refractivity contribution in [1.29, 1.82) is 0 Å². The molecule has 1 heterocycles. The molecule has 0 bridgehead atoms. The molecule has 0 aliphatic heterocycles. The van der Waals surface area contributed by atoms with Gasteiger partial charge in [-0.1, -0.05) is 13.8 Å². The first-order valence-electron chi connectivity index (χ1n) is 8.39. The SMILES string of the molecule is CCCN(C(=O)c1cccn1CCC)C1CCC(N)CC1. The van der Waals surface area contributed by atoms with Crippen LogP contribution in [0.25, 0.3) is 0 Å². The van der Waals surface area contributed by atoms with E-state index < -0.39 is 0 Å². The first-order valence-corrected chi connectivity index (χ1v) is 8.39. The second kappa shape index (κ2) is 7.64. The Balaban J connectivity index is 2.13. The quantitative estimate of drug-likeness (QED) is 0.876. The van der Waals surface area contributed by atoms with Crippen LogP contribution in [0.15, 0.2) is 18.3 Å². The number of aryl methyl sites for hydroxylation is 1. The fourth-order valence-electron chi connectivity index (χ4n) is 3.30. The van der Waals surface area contributed by atoms with E-state index in [1.54, 1.807) is 0 Å². The molecule has 2 N–H and O–H groups in total. The van der Waals surface area contributed by atoms with Crippen LogP contribution in [0.2, 0.25) is 0 Å². The highest BCUT2D eigenvalue weighted by Crippen LogP contribution is 2.24. The summed E-state index contributed by atoms with van der Waals surface area (Å²) in [6, 6.07) is 4.62. The Labute approximate surface area is 128 Å². The van der Waals surface area contributed by atoms with Gasteiger partial charge in [-0.3, -0.25) is 4.79 Å². The van der Waals surface area contributed by atoms with E-state index >= 15 is 0 Å². The summed E-state index contributed by atoms with van der Waals surface area (Å²) in [6.45, 7) is 6.03. The number of carbonyl (C=O) groups is 1. The minimum Gasteiger partial charge on any atom is -0.344 e. The van der Waals surface area contributed by atoms with Gasteiger partial charge in [-0.15, -0.1) is 0 Å². The van der Waals surface area contributed by atoms with E-state index in [-0.39, 0.29) is 5.91 Å². The topological polar surface area (TPSA) is 51.3 Å². The zero-order chi connectivity index (χ0) is 15.2. The molecule has 4 heteroatoms. The molecular weight excluding hydrogens is 262 g/mol. The Morgan fingerprint density at radius 1 is 1.29 bits per heavy atom. The van der Waals surface area contributed by atoms with Crippen molar-refractivity contribution in [1.82, 2.24) is 9.47 Å². The first kappa shape index (κ1) is 16.1. The highest BCUT2D eigenvalue weighted by Gasteiger charge is 2.28. The van der Waals surface area contributed by atoms with Crippen molar-refractivity contribution in [3.63, 3.8) is 0 Å². The van der Waals surface area contributed by atoms with Crippen molar-refractivity contribution in [3.05, 3.63) is 24.0 Å². The van der Waals surface area contributed by atoms with Gasteiger partial charge in [0.1, 0.15) is 5.69 Å². The van der Waals surface area contributed by atoms with Crippen LogP contribution in [-0.2, 0) is 6.54 Å². The highest BCUT2D eigenvalue weighted by atomic mass is 16.2. The lowest BCUT2D eigenvalue weighted by molar-refractivity contribution is 0.0615. The number of aromatic nitrogens is 1. The van der Waals surface area contributed by atoms with Gasteiger partial charge >= 0.3 is 0 Å². The van der Waals surface area contributed by atoms with Gasteiger partial charge in [-0.25, -0.2) is 0 Å². The Hall–Kier alpha value is -1.29. The third-order valence-electron chi connectivity index (χ3n) is 4.42. The predicted octanol–water partition coefficient (Wildman–Crippen LogP) is 3.02. The van der Waals surface area contributed by atoms with Crippen molar-refractivity contribution >= 4 is 5.91 Å². The van der Waals surface area contributed by atoms with Gasteiger partial charge < -0.3 is 15.2 Å². The molecule has 4 nitrogen and oxygen atoms in total. The Kier molecular flexibility index (Phi) is 5.85. The molecule has 2 rings (SSSR count). The zero-order valence-electron chi connectivity index (χ0n) is 13.4. The summed E-state index contributed by atoms with van der Waals surface area (Å²) in [7, 11) is 0. The van der Waals surface area contributed by atoms with Gasteiger partial charge in [0.15, 0.2) is 0 Å². The fourth-order valence-corrected chi connectivity index (χ4v) is 3.30. The number of amides is 1. The zero-order valence-corrected chi connectivity index (χ0v) is 13.4. The van der Waals surface area contributed by atoms with Crippen molar-refractivity contribution in [3.8, 4) is 0 Å². The van der Waals surface area contributed by atoms with Crippen molar-refractivity contribution < 1.29 is 4.79 Å². The fraction of sp³-hybridized carbons (Fsp3) is 0.706. The largest absolute Gasteiger partial charge is 0.344 e. The number of hydrogen-bond acceptors (Lipinski definition) is 2. The highest BCUT2D eigenvalue weighted by molar-refractivity contribution is 5.93.